The van der Waals surface area contributed by atoms with Crippen molar-refractivity contribution in [1.29, 1.82) is 0 Å². The molecule has 1 atom stereocenters. The number of hydrogen-bond acceptors (Lipinski definition) is 5. The van der Waals surface area contributed by atoms with Crippen LogP contribution in [0.5, 0.6) is 0 Å². The standard InChI is InChI=1S/C15H13F3N4O2S/c16-15(17,18)8-22-6-9(5-12(22)23)13(24)21-14-20-11(7-25-14)10-3-1-2-4-19-10/h1-4,7,9H,5-6,8H2,(H,20,21,24). The Bertz CT molecular complexity index is 779. The second kappa shape index (κ2) is 6.79. The van der Waals surface area contributed by atoms with Crippen LogP contribution < -0.4 is 5.32 Å². The molecular weight excluding hydrogens is 357 g/mol. The Morgan fingerprint density at radius 1 is 1.36 bits per heavy atom. The van der Waals surface area contributed by atoms with Crippen molar-refractivity contribution < 1.29 is 22.8 Å². The first kappa shape index (κ1) is 17.3. The second-order valence-electron chi connectivity index (χ2n) is 5.53. The van der Waals surface area contributed by atoms with Crippen LogP contribution in [-0.4, -0.2) is 45.9 Å². The smallest absolute Gasteiger partial charge is 0.333 e. The van der Waals surface area contributed by atoms with Crippen molar-refractivity contribution in [3.05, 3.63) is 29.8 Å². The highest BCUT2D eigenvalue weighted by Gasteiger charge is 2.40. The molecular formula is C15H13F3N4O2S. The number of amides is 2. The number of hydrogen-bond donors (Lipinski definition) is 1. The van der Waals surface area contributed by atoms with Crippen molar-refractivity contribution in [1.82, 2.24) is 14.9 Å². The van der Waals surface area contributed by atoms with Crippen LogP contribution in [0.3, 0.4) is 0 Å². The van der Waals surface area contributed by atoms with Gasteiger partial charge < -0.3 is 10.2 Å². The van der Waals surface area contributed by atoms with E-state index in [2.05, 4.69) is 15.3 Å². The minimum atomic E-state index is -4.48. The van der Waals surface area contributed by atoms with Crippen LogP contribution in [0.1, 0.15) is 6.42 Å². The van der Waals surface area contributed by atoms with Crippen LogP contribution in [0, 0.1) is 5.92 Å². The fourth-order valence-corrected chi connectivity index (χ4v) is 3.19. The normalized spacial score (nSPS) is 17.8. The topological polar surface area (TPSA) is 75.2 Å². The molecule has 2 aromatic rings. The Morgan fingerprint density at radius 3 is 2.84 bits per heavy atom. The predicted molar refractivity (Wildman–Crippen MR) is 84.7 cm³/mol. The van der Waals surface area contributed by atoms with Gasteiger partial charge in [-0.05, 0) is 12.1 Å². The van der Waals surface area contributed by atoms with Crippen LogP contribution >= 0.6 is 11.3 Å². The Kier molecular flexibility index (Phi) is 4.71. The summed E-state index contributed by atoms with van der Waals surface area (Å²) in [6.45, 7) is -1.58. The highest BCUT2D eigenvalue weighted by atomic mass is 32.1. The maximum absolute atomic E-state index is 12.4. The number of carbonyl (C=O) groups is 2. The van der Waals surface area contributed by atoms with Gasteiger partial charge in [-0.1, -0.05) is 6.07 Å². The number of halogens is 3. The zero-order valence-corrected chi connectivity index (χ0v) is 13.6. The van der Waals surface area contributed by atoms with Crippen LogP contribution in [0.25, 0.3) is 11.4 Å². The molecule has 2 amide bonds. The largest absolute Gasteiger partial charge is 0.406 e. The summed E-state index contributed by atoms with van der Waals surface area (Å²) in [6, 6.07) is 5.34. The van der Waals surface area contributed by atoms with E-state index in [1.807, 2.05) is 0 Å². The van der Waals surface area contributed by atoms with Crippen LogP contribution in [0.2, 0.25) is 0 Å². The number of likely N-dealkylation sites (tertiary alicyclic amines) is 1. The zero-order chi connectivity index (χ0) is 18.0. The molecule has 0 aromatic carbocycles. The van der Waals surface area contributed by atoms with E-state index in [9.17, 15) is 22.8 Å². The summed E-state index contributed by atoms with van der Waals surface area (Å²) in [5, 5.41) is 4.59. The summed E-state index contributed by atoms with van der Waals surface area (Å²) >= 11 is 1.18. The summed E-state index contributed by atoms with van der Waals surface area (Å²) in [7, 11) is 0. The van der Waals surface area contributed by atoms with Crippen molar-refractivity contribution in [3.8, 4) is 11.4 Å². The maximum atomic E-state index is 12.4. The van der Waals surface area contributed by atoms with Gasteiger partial charge in [-0.2, -0.15) is 13.2 Å². The van der Waals surface area contributed by atoms with Gasteiger partial charge >= 0.3 is 6.18 Å². The van der Waals surface area contributed by atoms with Crippen molar-refractivity contribution in [2.24, 2.45) is 5.92 Å². The summed E-state index contributed by atoms with van der Waals surface area (Å²) in [4.78, 5) is 32.9. The molecule has 0 aliphatic carbocycles. The molecule has 1 aliphatic rings. The molecule has 0 bridgehead atoms. The van der Waals surface area contributed by atoms with Crippen LogP contribution in [0.15, 0.2) is 29.8 Å². The van der Waals surface area contributed by atoms with E-state index < -0.39 is 30.5 Å². The number of nitrogens with zero attached hydrogens (tertiary/aromatic N) is 3. The van der Waals surface area contributed by atoms with E-state index in [1.54, 1.807) is 29.8 Å². The average molecular weight is 370 g/mol. The molecule has 1 aliphatic heterocycles. The lowest BCUT2D eigenvalue weighted by atomic mass is 10.1. The van der Waals surface area contributed by atoms with Crippen LogP contribution in [-0.2, 0) is 9.59 Å². The van der Waals surface area contributed by atoms with Gasteiger partial charge in [-0.25, -0.2) is 4.98 Å². The predicted octanol–water partition coefficient (Wildman–Crippen LogP) is 2.55. The van der Waals surface area contributed by atoms with Crippen molar-refractivity contribution in [2.45, 2.75) is 12.6 Å². The molecule has 3 rings (SSSR count). The molecule has 0 radical (unpaired) electrons. The quantitative estimate of drug-likeness (QED) is 0.898. The number of aromatic nitrogens is 2. The number of pyridine rings is 1. The Labute approximate surface area is 144 Å². The Morgan fingerprint density at radius 2 is 2.16 bits per heavy atom. The molecule has 0 spiro atoms. The van der Waals surface area contributed by atoms with Gasteiger partial charge in [-0.15, -0.1) is 11.3 Å². The lowest BCUT2D eigenvalue weighted by Gasteiger charge is -2.18. The SMILES string of the molecule is O=C(Nc1nc(-c2ccccn2)cs1)C1CC(=O)N(CC(F)(F)F)C1. The van der Waals surface area contributed by atoms with Gasteiger partial charge in [0, 0.05) is 24.5 Å². The Balaban J connectivity index is 1.62. The highest BCUT2D eigenvalue weighted by molar-refractivity contribution is 7.14. The monoisotopic (exact) mass is 370 g/mol. The van der Waals surface area contributed by atoms with Crippen molar-refractivity contribution >= 4 is 28.3 Å². The molecule has 6 nitrogen and oxygen atoms in total. The van der Waals surface area contributed by atoms with E-state index in [4.69, 9.17) is 0 Å². The molecule has 1 N–H and O–H groups in total. The number of rotatable bonds is 4. The third-order valence-electron chi connectivity index (χ3n) is 3.62. The summed E-state index contributed by atoms with van der Waals surface area (Å²) < 4.78 is 37.2. The molecule has 3 heterocycles. The van der Waals surface area contributed by atoms with Gasteiger partial charge in [0.05, 0.1) is 11.6 Å². The minimum Gasteiger partial charge on any atom is -0.333 e. The summed E-state index contributed by atoms with van der Waals surface area (Å²) in [5.74, 6) is -2.01. The number of thiazole rings is 1. The van der Waals surface area contributed by atoms with Gasteiger partial charge in [0.2, 0.25) is 11.8 Å². The van der Waals surface area contributed by atoms with Gasteiger partial charge in [0.15, 0.2) is 5.13 Å². The molecule has 25 heavy (non-hydrogen) atoms. The van der Waals surface area contributed by atoms with E-state index in [0.29, 0.717) is 21.4 Å². The molecule has 1 fully saturated rings. The Hall–Kier alpha value is -2.49. The molecule has 10 heteroatoms. The third kappa shape index (κ3) is 4.32. The zero-order valence-electron chi connectivity index (χ0n) is 12.8. The van der Waals surface area contributed by atoms with Gasteiger partial charge in [-0.3, -0.25) is 14.6 Å². The number of anilines is 1. The molecule has 1 saturated heterocycles. The first-order chi connectivity index (χ1) is 11.8. The van der Waals surface area contributed by atoms with Crippen molar-refractivity contribution in [2.75, 3.05) is 18.4 Å². The number of carbonyl (C=O) groups excluding carboxylic acids is 2. The van der Waals surface area contributed by atoms with Gasteiger partial charge in [0.25, 0.3) is 0 Å². The number of nitrogens with one attached hydrogen (secondary N) is 1. The van der Waals surface area contributed by atoms with E-state index in [0.717, 1.165) is 0 Å². The molecule has 1 unspecified atom stereocenters. The third-order valence-corrected chi connectivity index (χ3v) is 4.37. The maximum Gasteiger partial charge on any atom is 0.406 e. The van der Waals surface area contributed by atoms with Crippen molar-refractivity contribution in [3.63, 3.8) is 0 Å². The first-order valence-corrected chi connectivity index (χ1v) is 8.22. The second-order valence-corrected chi connectivity index (χ2v) is 6.39. The van der Waals surface area contributed by atoms with E-state index in [1.165, 1.54) is 11.3 Å². The fourth-order valence-electron chi connectivity index (χ4n) is 2.49. The molecule has 2 aromatic heterocycles. The molecule has 0 saturated carbocycles. The minimum absolute atomic E-state index is 0.236. The van der Waals surface area contributed by atoms with E-state index in [-0.39, 0.29) is 13.0 Å². The molecule has 132 valence electrons. The van der Waals surface area contributed by atoms with Gasteiger partial charge in [0.1, 0.15) is 12.2 Å². The summed E-state index contributed by atoms with van der Waals surface area (Å²) in [6.07, 6.45) is -3.10. The lowest BCUT2D eigenvalue weighted by Crippen LogP contribution is -2.36. The summed E-state index contributed by atoms with van der Waals surface area (Å²) in [5.41, 5.74) is 1.23. The number of alkyl halides is 3. The average Bonchev–Trinajstić information content (AvgIpc) is 3.14. The van der Waals surface area contributed by atoms with Crippen LogP contribution in [0.4, 0.5) is 18.3 Å². The first-order valence-electron chi connectivity index (χ1n) is 7.34. The highest BCUT2D eigenvalue weighted by Crippen LogP contribution is 2.27. The lowest BCUT2D eigenvalue weighted by molar-refractivity contribution is -0.157. The fraction of sp³-hybridized carbons (Fsp3) is 0.333. The van der Waals surface area contributed by atoms with E-state index >= 15 is 0 Å².